The van der Waals surface area contributed by atoms with Crippen molar-refractivity contribution >= 4 is 21.8 Å². The average Bonchev–Trinajstić information content (AvgIpc) is 2.42. The van der Waals surface area contributed by atoms with Crippen molar-refractivity contribution in [2.45, 2.75) is 43.7 Å². The van der Waals surface area contributed by atoms with Crippen molar-refractivity contribution in [3.05, 3.63) is 11.8 Å². The molecule has 2 heterocycles. The zero-order valence-corrected chi connectivity index (χ0v) is 14.1. The Bertz CT molecular complexity index is 666. The van der Waals surface area contributed by atoms with Gasteiger partial charge in [0.25, 0.3) is 0 Å². The zero-order valence-electron chi connectivity index (χ0n) is 13.3. The molecule has 1 aliphatic heterocycles. The second-order valence-electron chi connectivity index (χ2n) is 6.59. The van der Waals surface area contributed by atoms with Gasteiger partial charge < -0.3 is 16.4 Å². The molecule has 1 saturated heterocycles. The van der Waals surface area contributed by atoms with Gasteiger partial charge in [-0.3, -0.25) is 0 Å². The van der Waals surface area contributed by atoms with Crippen molar-refractivity contribution in [2.24, 2.45) is 5.73 Å². The summed E-state index contributed by atoms with van der Waals surface area (Å²) >= 11 is 0. The maximum absolute atomic E-state index is 11.3. The minimum Gasteiger partial charge on any atom is -0.368 e. The lowest BCUT2D eigenvalue weighted by atomic mass is 9.78. The van der Waals surface area contributed by atoms with Gasteiger partial charge in [-0.2, -0.15) is 4.98 Å². The summed E-state index contributed by atoms with van der Waals surface area (Å²) in [5.74, 6) is 1.48. The van der Waals surface area contributed by atoms with E-state index in [2.05, 4.69) is 19.6 Å². The molecule has 1 saturated carbocycles. The molecular formula is C14H24N6O2S. The molecule has 1 aromatic heterocycles. The van der Waals surface area contributed by atoms with E-state index in [9.17, 15) is 8.42 Å². The Morgan fingerprint density at radius 1 is 1.26 bits per heavy atom. The lowest BCUT2D eigenvalue weighted by Gasteiger charge is -2.35. The highest BCUT2D eigenvalue weighted by Gasteiger charge is 2.30. The first-order chi connectivity index (χ1) is 10.8. The van der Waals surface area contributed by atoms with E-state index in [1.54, 1.807) is 0 Å². The Morgan fingerprint density at radius 2 is 1.91 bits per heavy atom. The van der Waals surface area contributed by atoms with Crippen LogP contribution in [0.15, 0.2) is 6.07 Å². The van der Waals surface area contributed by atoms with Crippen LogP contribution in [-0.2, 0) is 10.0 Å². The maximum atomic E-state index is 11.3. The highest BCUT2D eigenvalue weighted by atomic mass is 32.2. The topological polar surface area (TPSA) is 127 Å². The highest BCUT2D eigenvalue weighted by molar-refractivity contribution is 7.88. The highest BCUT2D eigenvalue weighted by Crippen LogP contribution is 2.36. The smallest absolute Gasteiger partial charge is 0.222 e. The van der Waals surface area contributed by atoms with Crippen molar-refractivity contribution in [2.75, 3.05) is 30.0 Å². The first-order valence-corrected chi connectivity index (χ1v) is 9.81. The van der Waals surface area contributed by atoms with E-state index in [4.69, 9.17) is 11.5 Å². The lowest BCUT2D eigenvalue weighted by molar-refractivity contribution is 0.345. The first-order valence-electron chi connectivity index (χ1n) is 7.92. The van der Waals surface area contributed by atoms with Crippen molar-refractivity contribution in [3.63, 3.8) is 0 Å². The quantitative estimate of drug-likeness (QED) is 0.691. The molecule has 0 amide bonds. The van der Waals surface area contributed by atoms with Gasteiger partial charge in [0.2, 0.25) is 16.0 Å². The van der Waals surface area contributed by atoms with Crippen LogP contribution >= 0.6 is 0 Å². The summed E-state index contributed by atoms with van der Waals surface area (Å²) < 4.78 is 25.3. The van der Waals surface area contributed by atoms with Crippen LogP contribution in [0.5, 0.6) is 0 Å². The molecule has 2 aliphatic rings. The summed E-state index contributed by atoms with van der Waals surface area (Å²) in [6.45, 7) is 1.49. The van der Waals surface area contributed by atoms with Gasteiger partial charge in [-0.25, -0.2) is 18.1 Å². The van der Waals surface area contributed by atoms with Gasteiger partial charge in [0, 0.05) is 37.2 Å². The monoisotopic (exact) mass is 340 g/mol. The summed E-state index contributed by atoms with van der Waals surface area (Å²) in [4.78, 5) is 10.8. The minimum atomic E-state index is -3.16. The Kier molecular flexibility index (Phi) is 4.43. The molecule has 0 bridgehead atoms. The molecule has 2 fully saturated rings. The van der Waals surface area contributed by atoms with E-state index >= 15 is 0 Å². The SMILES string of the molecule is CS(=O)(=O)NC1CCN(c2cc(C3CC(N)C3)nc(N)n2)CC1. The van der Waals surface area contributed by atoms with Crippen molar-refractivity contribution in [3.8, 4) is 0 Å². The molecule has 0 aromatic carbocycles. The fourth-order valence-corrected chi connectivity index (χ4v) is 4.12. The van der Waals surface area contributed by atoms with E-state index < -0.39 is 10.0 Å². The fraction of sp³-hybridized carbons (Fsp3) is 0.714. The number of rotatable bonds is 4. The van der Waals surface area contributed by atoms with Crippen molar-refractivity contribution in [1.82, 2.24) is 14.7 Å². The molecule has 0 radical (unpaired) electrons. The molecule has 0 unspecified atom stereocenters. The molecule has 0 atom stereocenters. The normalized spacial score (nSPS) is 26.1. The molecule has 0 spiro atoms. The Labute approximate surface area is 136 Å². The molecule has 23 heavy (non-hydrogen) atoms. The average molecular weight is 340 g/mol. The third kappa shape index (κ3) is 4.10. The number of sulfonamides is 1. The van der Waals surface area contributed by atoms with E-state index in [-0.39, 0.29) is 18.0 Å². The van der Waals surface area contributed by atoms with Gasteiger partial charge in [0.15, 0.2) is 0 Å². The fourth-order valence-electron chi connectivity index (χ4n) is 3.28. The minimum absolute atomic E-state index is 0.00969. The molecule has 1 aromatic rings. The van der Waals surface area contributed by atoms with Crippen LogP contribution < -0.4 is 21.1 Å². The van der Waals surface area contributed by atoms with Gasteiger partial charge in [-0.1, -0.05) is 0 Å². The van der Waals surface area contributed by atoms with E-state index in [0.29, 0.717) is 5.92 Å². The van der Waals surface area contributed by atoms with Gasteiger partial charge >= 0.3 is 0 Å². The summed E-state index contributed by atoms with van der Waals surface area (Å²) in [5.41, 5.74) is 12.7. The molecule has 3 rings (SSSR count). The molecular weight excluding hydrogens is 316 g/mol. The number of nitrogens with two attached hydrogens (primary N) is 2. The first kappa shape index (κ1) is 16.4. The number of nitrogen functional groups attached to an aromatic ring is 1. The zero-order chi connectivity index (χ0) is 16.6. The number of aromatic nitrogens is 2. The van der Waals surface area contributed by atoms with Crippen LogP contribution in [0.3, 0.4) is 0 Å². The van der Waals surface area contributed by atoms with E-state index in [1.165, 1.54) is 6.26 Å². The van der Waals surface area contributed by atoms with Crippen LogP contribution in [0.1, 0.15) is 37.3 Å². The standard InChI is InChI=1S/C14H24N6O2S/c1-23(21,22)19-11-2-4-20(5-3-11)13-8-12(17-14(16)18-13)9-6-10(15)7-9/h8-11,19H,2-7,15H2,1H3,(H2,16,17,18). The largest absolute Gasteiger partial charge is 0.368 e. The summed E-state index contributed by atoms with van der Waals surface area (Å²) in [7, 11) is -3.16. The number of nitrogens with one attached hydrogen (secondary N) is 1. The Balaban J connectivity index is 1.66. The molecule has 128 valence electrons. The van der Waals surface area contributed by atoms with Gasteiger partial charge in [0.05, 0.1) is 11.9 Å². The summed E-state index contributed by atoms with van der Waals surface area (Å²) in [6.07, 6.45) is 4.58. The molecule has 8 nitrogen and oxygen atoms in total. The van der Waals surface area contributed by atoms with Gasteiger partial charge in [-0.05, 0) is 25.7 Å². The van der Waals surface area contributed by atoms with Crippen LogP contribution in [0.4, 0.5) is 11.8 Å². The predicted octanol–water partition coefficient (Wildman–Crippen LogP) is -0.218. The van der Waals surface area contributed by atoms with E-state index in [0.717, 1.165) is 50.3 Å². The van der Waals surface area contributed by atoms with Gasteiger partial charge in [-0.15, -0.1) is 0 Å². The van der Waals surface area contributed by atoms with Crippen LogP contribution in [-0.4, -0.2) is 49.8 Å². The molecule has 1 aliphatic carbocycles. The lowest BCUT2D eigenvalue weighted by Crippen LogP contribution is -2.44. The van der Waals surface area contributed by atoms with E-state index in [1.807, 2.05) is 6.07 Å². The third-order valence-corrected chi connectivity index (χ3v) is 5.30. The third-order valence-electron chi connectivity index (χ3n) is 4.54. The number of hydrogen-bond donors (Lipinski definition) is 3. The maximum Gasteiger partial charge on any atom is 0.222 e. The summed E-state index contributed by atoms with van der Waals surface area (Å²) in [6, 6.07) is 2.25. The number of anilines is 2. The molecule has 9 heteroatoms. The second-order valence-corrected chi connectivity index (χ2v) is 8.37. The Hall–Kier alpha value is -1.45. The van der Waals surface area contributed by atoms with Crippen LogP contribution in [0, 0.1) is 0 Å². The number of nitrogens with zero attached hydrogens (tertiary/aromatic N) is 3. The second kappa shape index (κ2) is 6.21. The van der Waals surface area contributed by atoms with Crippen LogP contribution in [0.2, 0.25) is 0 Å². The summed E-state index contributed by atoms with van der Waals surface area (Å²) in [5, 5.41) is 0. The number of piperidine rings is 1. The van der Waals surface area contributed by atoms with Crippen molar-refractivity contribution < 1.29 is 8.42 Å². The number of hydrogen-bond acceptors (Lipinski definition) is 7. The van der Waals surface area contributed by atoms with Gasteiger partial charge in [0.1, 0.15) is 5.82 Å². The predicted molar refractivity (Wildman–Crippen MR) is 89.6 cm³/mol. The Morgan fingerprint density at radius 3 is 2.48 bits per heavy atom. The van der Waals surface area contributed by atoms with Crippen LogP contribution in [0.25, 0.3) is 0 Å². The van der Waals surface area contributed by atoms with Crippen molar-refractivity contribution in [1.29, 1.82) is 0 Å². The molecule has 5 N–H and O–H groups in total.